The van der Waals surface area contributed by atoms with Crippen LogP contribution in [0.2, 0.25) is 0 Å². The molecule has 0 unspecified atom stereocenters. The lowest BCUT2D eigenvalue weighted by atomic mass is 9.94. The van der Waals surface area contributed by atoms with Crippen molar-refractivity contribution in [3.63, 3.8) is 0 Å². The molecule has 1 aliphatic rings. The first-order valence-corrected chi connectivity index (χ1v) is 9.11. The summed E-state index contributed by atoms with van der Waals surface area (Å²) < 4.78 is 17.6. The van der Waals surface area contributed by atoms with Crippen molar-refractivity contribution in [2.24, 2.45) is 0 Å². The molecule has 1 atom stereocenters. The normalized spacial score (nSPS) is 15.8. The maximum absolute atomic E-state index is 12.8. The van der Waals surface area contributed by atoms with Gasteiger partial charge in [0.05, 0.1) is 18.8 Å². The molecule has 4 heteroatoms. The molecule has 0 bridgehead atoms. The molecule has 2 aromatic carbocycles. The lowest BCUT2D eigenvalue weighted by Gasteiger charge is -2.30. The van der Waals surface area contributed by atoms with Crippen molar-refractivity contribution in [3.8, 4) is 5.75 Å². The topological polar surface area (TPSA) is 44.8 Å². The van der Waals surface area contributed by atoms with Gasteiger partial charge in [-0.15, -0.1) is 0 Å². The van der Waals surface area contributed by atoms with E-state index in [2.05, 4.69) is 6.92 Å². The van der Waals surface area contributed by atoms with Crippen molar-refractivity contribution in [1.82, 2.24) is 0 Å². The maximum atomic E-state index is 12.8. The van der Waals surface area contributed by atoms with E-state index < -0.39 is 12.1 Å². The third-order valence-electron chi connectivity index (χ3n) is 4.23. The molecule has 1 heterocycles. The van der Waals surface area contributed by atoms with Crippen LogP contribution in [0, 0.1) is 0 Å². The zero-order valence-corrected chi connectivity index (χ0v) is 15.2. The van der Waals surface area contributed by atoms with Crippen molar-refractivity contribution in [3.05, 3.63) is 71.3 Å². The molecular formula is C22H24O4. The summed E-state index contributed by atoms with van der Waals surface area (Å²) >= 11 is 0. The predicted octanol–water partition coefficient (Wildman–Crippen LogP) is 4.91. The van der Waals surface area contributed by atoms with E-state index in [9.17, 15) is 4.79 Å². The highest BCUT2D eigenvalue weighted by molar-refractivity contribution is 5.99. The SMILES string of the molecule is CCCCOC1=C(C(=O)OCC)[C@@H](c2ccccc2)Oc2ccccc21. The Kier molecular flexibility index (Phi) is 5.95. The molecule has 0 fully saturated rings. The van der Waals surface area contributed by atoms with Crippen molar-refractivity contribution in [2.75, 3.05) is 13.2 Å². The molecule has 26 heavy (non-hydrogen) atoms. The molecule has 0 amide bonds. The van der Waals surface area contributed by atoms with Gasteiger partial charge in [-0.25, -0.2) is 4.79 Å². The van der Waals surface area contributed by atoms with E-state index in [1.54, 1.807) is 6.92 Å². The van der Waals surface area contributed by atoms with E-state index in [1.807, 2.05) is 54.6 Å². The molecule has 0 spiro atoms. The smallest absolute Gasteiger partial charge is 0.341 e. The first kappa shape index (κ1) is 18.1. The van der Waals surface area contributed by atoms with Gasteiger partial charge in [-0.1, -0.05) is 55.8 Å². The fourth-order valence-electron chi connectivity index (χ4n) is 2.95. The summed E-state index contributed by atoms with van der Waals surface area (Å²) in [6.07, 6.45) is 1.38. The summed E-state index contributed by atoms with van der Waals surface area (Å²) in [5.41, 5.74) is 2.10. The molecule has 0 aliphatic carbocycles. The Morgan fingerprint density at radius 2 is 1.77 bits per heavy atom. The molecule has 0 N–H and O–H groups in total. The zero-order chi connectivity index (χ0) is 18.4. The fraction of sp³-hybridized carbons (Fsp3) is 0.318. The second-order valence-corrected chi connectivity index (χ2v) is 6.07. The van der Waals surface area contributed by atoms with E-state index in [0.717, 1.165) is 24.0 Å². The number of unbranched alkanes of at least 4 members (excludes halogenated alkanes) is 1. The number of ether oxygens (including phenoxy) is 3. The van der Waals surface area contributed by atoms with Crippen molar-refractivity contribution >= 4 is 11.7 Å². The third-order valence-corrected chi connectivity index (χ3v) is 4.23. The second-order valence-electron chi connectivity index (χ2n) is 6.07. The molecule has 1 aliphatic heterocycles. The largest absolute Gasteiger partial charge is 0.492 e. The third kappa shape index (κ3) is 3.74. The predicted molar refractivity (Wildman–Crippen MR) is 101 cm³/mol. The van der Waals surface area contributed by atoms with Gasteiger partial charge < -0.3 is 14.2 Å². The van der Waals surface area contributed by atoms with Gasteiger partial charge in [0.2, 0.25) is 0 Å². The molecule has 0 aromatic heterocycles. The Balaban J connectivity index is 2.12. The summed E-state index contributed by atoms with van der Waals surface area (Å²) in [6, 6.07) is 17.3. The first-order valence-electron chi connectivity index (χ1n) is 9.11. The van der Waals surface area contributed by atoms with Crippen LogP contribution >= 0.6 is 0 Å². The minimum absolute atomic E-state index is 0.299. The summed E-state index contributed by atoms with van der Waals surface area (Å²) in [7, 11) is 0. The van der Waals surface area contributed by atoms with Gasteiger partial charge in [-0.3, -0.25) is 0 Å². The summed E-state index contributed by atoms with van der Waals surface area (Å²) in [4.78, 5) is 12.8. The number of fused-ring (bicyclic) bond motifs is 1. The van der Waals surface area contributed by atoms with E-state index in [1.165, 1.54) is 0 Å². The van der Waals surface area contributed by atoms with Crippen molar-refractivity contribution in [2.45, 2.75) is 32.8 Å². The first-order chi connectivity index (χ1) is 12.8. The Morgan fingerprint density at radius 3 is 2.50 bits per heavy atom. The molecule has 0 saturated carbocycles. The summed E-state index contributed by atoms with van der Waals surface area (Å²) in [5.74, 6) is 0.871. The van der Waals surface area contributed by atoms with E-state index in [-0.39, 0.29) is 0 Å². The second kappa shape index (κ2) is 8.56. The van der Waals surface area contributed by atoms with Crippen molar-refractivity contribution < 1.29 is 19.0 Å². The van der Waals surface area contributed by atoms with Crippen LogP contribution in [0.1, 0.15) is 43.9 Å². The number of para-hydroxylation sites is 1. The number of carbonyl (C=O) groups excluding carboxylic acids is 1. The van der Waals surface area contributed by atoms with Crippen LogP contribution in [0.4, 0.5) is 0 Å². The van der Waals surface area contributed by atoms with Gasteiger partial charge in [0, 0.05) is 0 Å². The van der Waals surface area contributed by atoms with Crippen molar-refractivity contribution in [1.29, 1.82) is 0 Å². The Morgan fingerprint density at radius 1 is 1.04 bits per heavy atom. The average Bonchev–Trinajstić information content (AvgIpc) is 2.68. The highest BCUT2D eigenvalue weighted by Crippen LogP contribution is 2.43. The Hall–Kier alpha value is -2.75. The quantitative estimate of drug-likeness (QED) is 0.524. The standard InChI is InChI=1S/C22H24O4/c1-3-5-15-25-21-17-13-9-10-14-18(17)26-20(16-11-7-6-8-12-16)19(21)22(23)24-4-2/h6-14,20H,3-5,15H2,1-2H3/t20-/m1/s1. The number of hydrogen-bond acceptors (Lipinski definition) is 4. The minimum atomic E-state index is -0.554. The van der Waals surface area contributed by atoms with Gasteiger partial charge in [0.1, 0.15) is 17.1 Å². The van der Waals surface area contributed by atoms with Gasteiger partial charge in [-0.2, -0.15) is 0 Å². The highest BCUT2D eigenvalue weighted by atomic mass is 16.5. The van der Waals surface area contributed by atoms with E-state index in [0.29, 0.717) is 30.3 Å². The maximum Gasteiger partial charge on any atom is 0.341 e. The van der Waals surface area contributed by atoms with E-state index in [4.69, 9.17) is 14.2 Å². The molecule has 4 nitrogen and oxygen atoms in total. The number of hydrogen-bond donors (Lipinski definition) is 0. The molecule has 136 valence electrons. The van der Waals surface area contributed by atoms with Crippen LogP contribution in [-0.4, -0.2) is 19.2 Å². The fourth-order valence-corrected chi connectivity index (χ4v) is 2.95. The van der Waals surface area contributed by atoms with E-state index >= 15 is 0 Å². The van der Waals surface area contributed by atoms with Gasteiger partial charge in [-0.05, 0) is 31.0 Å². The number of rotatable bonds is 7. The highest BCUT2D eigenvalue weighted by Gasteiger charge is 2.36. The molecular weight excluding hydrogens is 328 g/mol. The minimum Gasteiger partial charge on any atom is -0.492 e. The lowest BCUT2D eigenvalue weighted by molar-refractivity contribution is -0.139. The van der Waals surface area contributed by atoms with Crippen LogP contribution in [0.15, 0.2) is 60.2 Å². The van der Waals surface area contributed by atoms with Gasteiger partial charge in [0.15, 0.2) is 6.10 Å². The van der Waals surface area contributed by atoms with Crippen LogP contribution in [0.5, 0.6) is 5.75 Å². The number of benzene rings is 2. The number of carbonyl (C=O) groups is 1. The van der Waals surface area contributed by atoms with Crippen LogP contribution < -0.4 is 4.74 Å². The van der Waals surface area contributed by atoms with Crippen LogP contribution in [0.3, 0.4) is 0 Å². The average molecular weight is 352 g/mol. The Labute approximate surface area is 154 Å². The number of esters is 1. The summed E-state index contributed by atoms with van der Waals surface area (Å²) in [5, 5.41) is 0. The van der Waals surface area contributed by atoms with Crippen LogP contribution in [-0.2, 0) is 14.3 Å². The molecule has 0 radical (unpaired) electrons. The van der Waals surface area contributed by atoms with Gasteiger partial charge in [0.25, 0.3) is 0 Å². The monoisotopic (exact) mass is 352 g/mol. The lowest BCUT2D eigenvalue weighted by Crippen LogP contribution is -2.25. The molecule has 0 saturated heterocycles. The summed E-state index contributed by atoms with van der Waals surface area (Å²) in [6.45, 7) is 4.75. The van der Waals surface area contributed by atoms with Gasteiger partial charge >= 0.3 is 5.97 Å². The van der Waals surface area contributed by atoms with Crippen LogP contribution in [0.25, 0.3) is 5.76 Å². The zero-order valence-electron chi connectivity index (χ0n) is 15.2. The Bertz CT molecular complexity index is 780. The molecule has 2 aromatic rings. The molecule has 3 rings (SSSR count).